The van der Waals surface area contributed by atoms with Gasteiger partial charge in [-0.05, 0) is 60.4 Å². The Morgan fingerprint density at radius 2 is 1.62 bits per heavy atom. The third-order valence-electron chi connectivity index (χ3n) is 5.55. The molecule has 24 heavy (non-hydrogen) atoms. The van der Waals surface area contributed by atoms with Crippen LogP contribution in [0.25, 0.3) is 0 Å². The molecule has 1 saturated heterocycles. The van der Waals surface area contributed by atoms with Crippen molar-refractivity contribution in [2.75, 3.05) is 11.8 Å². The van der Waals surface area contributed by atoms with Gasteiger partial charge in [-0.25, -0.2) is 0 Å². The summed E-state index contributed by atoms with van der Waals surface area (Å²) in [5.74, 6) is 0.743. The molecule has 0 radical (unpaired) electrons. The number of rotatable bonds is 3. The molecule has 5 rings (SSSR count). The normalized spacial score (nSPS) is 23.4. The van der Waals surface area contributed by atoms with Gasteiger partial charge < -0.3 is 0 Å². The monoisotopic (exact) mass is 324 g/mol. The summed E-state index contributed by atoms with van der Waals surface area (Å²) in [5, 5.41) is 18.3. The minimum atomic E-state index is 0.165. The predicted molar refractivity (Wildman–Crippen MR) is 93.3 cm³/mol. The van der Waals surface area contributed by atoms with Gasteiger partial charge in [-0.1, -0.05) is 36.4 Å². The zero-order chi connectivity index (χ0) is 16.5. The number of nitrogens with zero attached hydrogens (tertiary/aromatic N) is 2. The van der Waals surface area contributed by atoms with E-state index < -0.39 is 0 Å². The Morgan fingerprint density at radius 1 is 0.917 bits per heavy atom. The standard InChI is InChI=1S/C20H24N2O2/c23-22(24)19-8-5-15(6-9-19)13-21-14-16-7-10-20(21)12-18-4-2-1-3-17(18)11-16/h1-6,8-9,16,20,23-24H,7,10-14H2/t16-,20+/m1/s1. The van der Waals surface area contributed by atoms with Crippen molar-refractivity contribution in [3.63, 3.8) is 0 Å². The number of benzene rings is 2. The fraction of sp³-hybridized carbons (Fsp3) is 0.400. The molecule has 0 saturated carbocycles. The first-order valence-corrected chi connectivity index (χ1v) is 8.76. The van der Waals surface area contributed by atoms with Crippen LogP contribution < -0.4 is 5.23 Å². The molecule has 4 nitrogen and oxygen atoms in total. The lowest BCUT2D eigenvalue weighted by atomic mass is 9.80. The van der Waals surface area contributed by atoms with Crippen LogP contribution in [0.4, 0.5) is 5.69 Å². The Morgan fingerprint density at radius 3 is 2.33 bits per heavy atom. The fourth-order valence-corrected chi connectivity index (χ4v) is 4.26. The number of fused-ring (bicyclic) bond motifs is 2. The van der Waals surface area contributed by atoms with Crippen LogP contribution in [0.2, 0.25) is 0 Å². The Balaban J connectivity index is 1.52. The zero-order valence-corrected chi connectivity index (χ0v) is 13.8. The van der Waals surface area contributed by atoms with Crippen LogP contribution in [0, 0.1) is 5.92 Å². The van der Waals surface area contributed by atoms with E-state index in [0.717, 1.165) is 25.4 Å². The number of anilines is 1. The summed E-state index contributed by atoms with van der Waals surface area (Å²) in [7, 11) is 0. The first-order chi connectivity index (χ1) is 11.7. The molecule has 2 aliphatic heterocycles. The molecule has 0 amide bonds. The highest BCUT2D eigenvalue weighted by molar-refractivity contribution is 5.42. The van der Waals surface area contributed by atoms with E-state index in [1.165, 1.54) is 30.4 Å². The molecule has 3 aliphatic rings. The summed E-state index contributed by atoms with van der Waals surface area (Å²) < 4.78 is 0. The second kappa shape index (κ2) is 6.55. The SMILES string of the molecule is ON(O)c1ccc(CN2C[C@@H]3CC[C@H]2Cc2ccccc2C3)cc1. The molecular formula is C20H24N2O2. The third kappa shape index (κ3) is 3.18. The topological polar surface area (TPSA) is 46.9 Å². The van der Waals surface area contributed by atoms with Gasteiger partial charge in [-0.15, -0.1) is 5.23 Å². The van der Waals surface area contributed by atoms with Crippen LogP contribution in [0.15, 0.2) is 48.5 Å². The van der Waals surface area contributed by atoms with Crippen LogP contribution in [0.5, 0.6) is 0 Å². The summed E-state index contributed by atoms with van der Waals surface area (Å²) in [6.45, 7) is 2.09. The van der Waals surface area contributed by atoms with Gasteiger partial charge in [0.15, 0.2) is 0 Å². The largest absolute Gasteiger partial charge is 0.296 e. The molecule has 1 fully saturated rings. The van der Waals surface area contributed by atoms with Crippen LogP contribution in [0.3, 0.4) is 0 Å². The lowest BCUT2D eigenvalue weighted by Crippen LogP contribution is -2.46. The van der Waals surface area contributed by atoms with Crippen LogP contribution in [-0.4, -0.2) is 27.9 Å². The van der Waals surface area contributed by atoms with Crippen molar-refractivity contribution in [2.45, 2.75) is 38.3 Å². The highest BCUT2D eigenvalue weighted by atomic mass is 16.8. The van der Waals surface area contributed by atoms with Crippen molar-refractivity contribution < 1.29 is 10.4 Å². The van der Waals surface area contributed by atoms with Crippen molar-refractivity contribution in [1.29, 1.82) is 0 Å². The Hall–Kier alpha value is -1.88. The first kappa shape index (κ1) is 15.6. The van der Waals surface area contributed by atoms with E-state index in [1.807, 2.05) is 12.1 Å². The molecule has 2 aromatic rings. The van der Waals surface area contributed by atoms with Crippen LogP contribution in [0.1, 0.15) is 29.5 Å². The van der Waals surface area contributed by atoms with Gasteiger partial charge in [-0.3, -0.25) is 15.3 Å². The van der Waals surface area contributed by atoms with Gasteiger partial charge in [0.25, 0.3) is 0 Å². The molecule has 1 aliphatic carbocycles. The van der Waals surface area contributed by atoms with E-state index in [-0.39, 0.29) is 5.23 Å². The van der Waals surface area contributed by atoms with Crippen LogP contribution in [-0.2, 0) is 19.4 Å². The van der Waals surface area contributed by atoms with E-state index in [2.05, 4.69) is 29.2 Å². The molecule has 0 unspecified atom stereocenters. The minimum Gasteiger partial charge on any atom is -0.296 e. The maximum Gasteiger partial charge on any atom is 0.0942 e. The summed E-state index contributed by atoms with van der Waals surface area (Å²) in [5.41, 5.74) is 4.67. The van der Waals surface area contributed by atoms with Gasteiger partial charge in [0.2, 0.25) is 0 Å². The maximum atomic E-state index is 9.06. The zero-order valence-electron chi connectivity index (χ0n) is 13.8. The first-order valence-electron chi connectivity index (χ1n) is 8.76. The minimum absolute atomic E-state index is 0.165. The van der Waals surface area contributed by atoms with Gasteiger partial charge in [0.05, 0.1) is 5.69 Å². The molecular weight excluding hydrogens is 300 g/mol. The van der Waals surface area contributed by atoms with Crippen molar-refractivity contribution in [3.05, 3.63) is 65.2 Å². The summed E-state index contributed by atoms with van der Waals surface area (Å²) in [6.07, 6.45) is 4.95. The Labute approximate surface area is 142 Å². The molecule has 126 valence electrons. The smallest absolute Gasteiger partial charge is 0.0942 e. The fourth-order valence-electron chi connectivity index (χ4n) is 4.26. The highest BCUT2D eigenvalue weighted by Gasteiger charge is 2.31. The quantitative estimate of drug-likeness (QED) is 0.846. The van der Waals surface area contributed by atoms with E-state index in [9.17, 15) is 0 Å². The number of hydrogen-bond acceptors (Lipinski definition) is 4. The van der Waals surface area contributed by atoms with Crippen molar-refractivity contribution in [2.24, 2.45) is 5.92 Å². The Kier molecular flexibility index (Phi) is 4.27. The highest BCUT2D eigenvalue weighted by Crippen LogP contribution is 2.33. The summed E-state index contributed by atoms with van der Waals surface area (Å²) in [6, 6.07) is 17.0. The molecule has 0 aromatic heterocycles. The molecule has 2 aromatic carbocycles. The lowest BCUT2D eigenvalue weighted by Gasteiger charge is -2.42. The van der Waals surface area contributed by atoms with Gasteiger partial charge in [0, 0.05) is 19.1 Å². The molecule has 2 bridgehead atoms. The predicted octanol–water partition coefficient (Wildman–Crippen LogP) is 3.65. The summed E-state index contributed by atoms with van der Waals surface area (Å²) in [4.78, 5) is 2.62. The van der Waals surface area contributed by atoms with Crippen molar-refractivity contribution in [1.82, 2.24) is 4.90 Å². The van der Waals surface area contributed by atoms with E-state index >= 15 is 0 Å². The average molecular weight is 324 g/mol. The molecule has 2 N–H and O–H groups in total. The molecule has 2 atom stereocenters. The Bertz CT molecular complexity index is 699. The summed E-state index contributed by atoms with van der Waals surface area (Å²) >= 11 is 0. The maximum absolute atomic E-state index is 9.06. The van der Waals surface area contributed by atoms with Crippen LogP contribution >= 0.6 is 0 Å². The van der Waals surface area contributed by atoms with E-state index in [4.69, 9.17) is 10.4 Å². The lowest BCUT2D eigenvalue weighted by molar-refractivity contribution is 0.0291. The average Bonchev–Trinajstić information content (AvgIpc) is 2.56. The van der Waals surface area contributed by atoms with Gasteiger partial charge in [-0.2, -0.15) is 0 Å². The van der Waals surface area contributed by atoms with Crippen molar-refractivity contribution >= 4 is 5.69 Å². The second-order valence-corrected chi connectivity index (χ2v) is 7.16. The number of piperidine rings is 1. The molecule has 0 spiro atoms. The molecule has 2 heterocycles. The van der Waals surface area contributed by atoms with Gasteiger partial charge in [0.1, 0.15) is 0 Å². The van der Waals surface area contributed by atoms with E-state index in [1.54, 1.807) is 17.7 Å². The van der Waals surface area contributed by atoms with Gasteiger partial charge >= 0.3 is 0 Å². The van der Waals surface area contributed by atoms with E-state index in [0.29, 0.717) is 11.7 Å². The number of hydrogen-bond donors (Lipinski definition) is 2. The second-order valence-electron chi connectivity index (χ2n) is 7.16. The molecule has 4 heteroatoms. The third-order valence-corrected chi connectivity index (χ3v) is 5.55. The van der Waals surface area contributed by atoms with Crippen molar-refractivity contribution in [3.8, 4) is 0 Å².